The number of rotatable bonds is 2. The van der Waals surface area contributed by atoms with Crippen LogP contribution in [0.1, 0.15) is 16.2 Å². The number of aromatic nitrogens is 5. The van der Waals surface area contributed by atoms with Crippen LogP contribution in [0.4, 0.5) is 0 Å². The van der Waals surface area contributed by atoms with Crippen molar-refractivity contribution in [2.45, 2.75) is 13.1 Å². The third kappa shape index (κ3) is 2.82. The zero-order valence-corrected chi connectivity index (χ0v) is 15.9. The molecular weight excluding hydrogens is 408 g/mol. The summed E-state index contributed by atoms with van der Waals surface area (Å²) in [7, 11) is 0. The largest absolute Gasteiger partial charge is 0.341 e. The van der Waals surface area contributed by atoms with Gasteiger partial charge in [0.15, 0.2) is 5.69 Å². The highest BCUT2D eigenvalue weighted by atomic mass is 79.9. The van der Waals surface area contributed by atoms with E-state index in [1.54, 1.807) is 4.52 Å². The van der Waals surface area contributed by atoms with Gasteiger partial charge in [0, 0.05) is 47.4 Å². The predicted molar refractivity (Wildman–Crippen MR) is 103 cm³/mol. The Morgan fingerprint density at radius 1 is 1.07 bits per heavy atom. The Bertz CT molecular complexity index is 1150. The Kier molecular flexibility index (Phi) is 3.78. The van der Waals surface area contributed by atoms with Crippen LogP contribution in [0.2, 0.25) is 0 Å². The van der Waals surface area contributed by atoms with Crippen molar-refractivity contribution in [2.75, 3.05) is 6.54 Å². The highest BCUT2D eigenvalue weighted by Crippen LogP contribution is 2.25. The molecule has 7 nitrogen and oxygen atoms in total. The van der Waals surface area contributed by atoms with Gasteiger partial charge in [0.1, 0.15) is 6.33 Å². The maximum Gasteiger partial charge on any atom is 0.274 e. The molecule has 0 radical (unpaired) electrons. The van der Waals surface area contributed by atoms with Crippen molar-refractivity contribution >= 4 is 27.4 Å². The Morgan fingerprint density at radius 2 is 1.93 bits per heavy atom. The standard InChI is InChI=1S/C19H15BrN6O/c20-14-1-2-15-7-17(23-26(15)10-14)19(27)24-5-6-25-16(11-24)3-4-18(25)13-8-21-12-22-9-13/h1-4,7-10,12H,5-6,11H2. The Hall–Kier alpha value is -3.00. The van der Waals surface area contributed by atoms with Gasteiger partial charge < -0.3 is 9.47 Å². The van der Waals surface area contributed by atoms with Gasteiger partial charge >= 0.3 is 0 Å². The fraction of sp³-hybridized carbons (Fsp3) is 0.158. The lowest BCUT2D eigenvalue weighted by molar-refractivity contribution is 0.0705. The van der Waals surface area contributed by atoms with Crippen molar-refractivity contribution in [1.82, 2.24) is 29.0 Å². The molecule has 4 aromatic heterocycles. The van der Waals surface area contributed by atoms with Gasteiger partial charge in [0.05, 0.1) is 17.8 Å². The molecule has 1 amide bonds. The highest BCUT2D eigenvalue weighted by Gasteiger charge is 2.25. The van der Waals surface area contributed by atoms with Crippen molar-refractivity contribution in [3.05, 3.63) is 71.1 Å². The molecule has 4 aromatic rings. The summed E-state index contributed by atoms with van der Waals surface area (Å²) in [5.41, 5.74) is 4.52. The predicted octanol–water partition coefficient (Wildman–Crippen LogP) is 3.01. The van der Waals surface area contributed by atoms with E-state index in [9.17, 15) is 4.79 Å². The molecule has 5 heterocycles. The fourth-order valence-electron chi connectivity index (χ4n) is 3.49. The molecule has 1 aliphatic heterocycles. The van der Waals surface area contributed by atoms with E-state index >= 15 is 0 Å². The number of halogens is 1. The number of carbonyl (C=O) groups excluding carboxylic acids is 1. The van der Waals surface area contributed by atoms with Crippen LogP contribution in [0, 0.1) is 0 Å². The lowest BCUT2D eigenvalue weighted by Crippen LogP contribution is -2.38. The monoisotopic (exact) mass is 422 g/mol. The molecule has 8 heteroatoms. The first-order valence-electron chi connectivity index (χ1n) is 8.57. The minimum atomic E-state index is -0.0492. The summed E-state index contributed by atoms with van der Waals surface area (Å²) in [5.74, 6) is -0.0492. The molecule has 1 aliphatic rings. The lowest BCUT2D eigenvalue weighted by Gasteiger charge is -2.29. The molecule has 0 aromatic carbocycles. The van der Waals surface area contributed by atoms with Crippen molar-refractivity contribution in [3.8, 4) is 11.3 Å². The first-order valence-corrected chi connectivity index (χ1v) is 9.36. The number of hydrogen-bond donors (Lipinski definition) is 0. The highest BCUT2D eigenvalue weighted by molar-refractivity contribution is 9.10. The number of pyridine rings is 1. The van der Waals surface area contributed by atoms with Gasteiger partial charge in [-0.05, 0) is 46.3 Å². The summed E-state index contributed by atoms with van der Waals surface area (Å²) in [4.78, 5) is 23.0. The first-order chi connectivity index (χ1) is 13.2. The Labute approximate surface area is 163 Å². The number of nitrogens with zero attached hydrogens (tertiary/aromatic N) is 6. The van der Waals surface area contributed by atoms with Gasteiger partial charge in [-0.2, -0.15) is 5.10 Å². The molecule has 0 fully saturated rings. The first kappa shape index (κ1) is 16.2. The molecular formula is C19H15BrN6O. The van der Waals surface area contributed by atoms with E-state index in [1.165, 1.54) is 6.33 Å². The van der Waals surface area contributed by atoms with Gasteiger partial charge in [-0.15, -0.1) is 0 Å². The van der Waals surface area contributed by atoms with Gasteiger partial charge in [-0.3, -0.25) is 4.79 Å². The van der Waals surface area contributed by atoms with Gasteiger partial charge in [-0.1, -0.05) is 0 Å². The topological polar surface area (TPSA) is 68.3 Å². The number of carbonyl (C=O) groups is 1. The van der Waals surface area contributed by atoms with Gasteiger partial charge in [0.25, 0.3) is 5.91 Å². The maximum atomic E-state index is 12.9. The minimum Gasteiger partial charge on any atom is -0.341 e. The minimum absolute atomic E-state index is 0.0492. The molecule has 5 rings (SSSR count). The summed E-state index contributed by atoms with van der Waals surface area (Å²) in [6, 6.07) is 9.82. The average Bonchev–Trinajstić information content (AvgIpc) is 3.31. The van der Waals surface area contributed by atoms with E-state index in [0.29, 0.717) is 18.8 Å². The second-order valence-electron chi connectivity index (χ2n) is 6.46. The Morgan fingerprint density at radius 3 is 2.78 bits per heavy atom. The lowest BCUT2D eigenvalue weighted by atomic mass is 10.2. The summed E-state index contributed by atoms with van der Waals surface area (Å²) < 4.78 is 4.87. The number of hydrogen-bond acceptors (Lipinski definition) is 4. The van der Waals surface area contributed by atoms with Crippen LogP contribution in [0.5, 0.6) is 0 Å². The van der Waals surface area contributed by atoms with E-state index in [2.05, 4.69) is 47.7 Å². The molecule has 0 atom stereocenters. The van der Waals surface area contributed by atoms with E-state index < -0.39 is 0 Å². The third-order valence-corrected chi connectivity index (χ3v) is 5.27. The molecule has 0 saturated carbocycles. The van der Waals surface area contributed by atoms with Crippen LogP contribution in [0.25, 0.3) is 16.8 Å². The summed E-state index contributed by atoms with van der Waals surface area (Å²) in [6.07, 6.45) is 6.99. The quantitative estimate of drug-likeness (QED) is 0.497. The van der Waals surface area contributed by atoms with Crippen LogP contribution in [-0.2, 0) is 13.1 Å². The molecule has 27 heavy (non-hydrogen) atoms. The number of amides is 1. The molecule has 0 bridgehead atoms. The maximum absolute atomic E-state index is 12.9. The van der Waals surface area contributed by atoms with Crippen molar-refractivity contribution in [1.29, 1.82) is 0 Å². The molecule has 134 valence electrons. The van der Waals surface area contributed by atoms with E-state index in [1.807, 2.05) is 41.7 Å². The second-order valence-corrected chi connectivity index (χ2v) is 7.38. The third-order valence-electron chi connectivity index (χ3n) is 4.80. The molecule has 0 N–H and O–H groups in total. The van der Waals surface area contributed by atoms with E-state index in [-0.39, 0.29) is 5.91 Å². The van der Waals surface area contributed by atoms with Crippen LogP contribution < -0.4 is 0 Å². The molecule has 0 saturated heterocycles. The SMILES string of the molecule is O=C(c1cc2ccc(Br)cn2n1)N1CCn2c(ccc2-c2cncnc2)C1. The number of fused-ring (bicyclic) bond motifs is 2. The van der Waals surface area contributed by atoms with Crippen LogP contribution in [-0.4, -0.2) is 41.5 Å². The van der Waals surface area contributed by atoms with E-state index in [0.717, 1.165) is 33.5 Å². The average molecular weight is 423 g/mol. The molecule has 0 unspecified atom stereocenters. The summed E-state index contributed by atoms with van der Waals surface area (Å²) in [5, 5.41) is 4.43. The van der Waals surface area contributed by atoms with Crippen LogP contribution in [0.15, 0.2) is 59.7 Å². The van der Waals surface area contributed by atoms with Crippen LogP contribution in [0.3, 0.4) is 0 Å². The molecule has 0 aliphatic carbocycles. The molecule has 0 spiro atoms. The van der Waals surface area contributed by atoms with Gasteiger partial charge in [0.2, 0.25) is 0 Å². The summed E-state index contributed by atoms with van der Waals surface area (Å²) in [6.45, 7) is 1.93. The van der Waals surface area contributed by atoms with Crippen molar-refractivity contribution < 1.29 is 4.79 Å². The fourth-order valence-corrected chi connectivity index (χ4v) is 3.82. The zero-order chi connectivity index (χ0) is 18.4. The Balaban J connectivity index is 1.42. The zero-order valence-electron chi connectivity index (χ0n) is 14.3. The normalized spacial score (nSPS) is 13.7. The smallest absolute Gasteiger partial charge is 0.274 e. The van der Waals surface area contributed by atoms with E-state index in [4.69, 9.17) is 0 Å². The van der Waals surface area contributed by atoms with Crippen LogP contribution >= 0.6 is 15.9 Å². The summed E-state index contributed by atoms with van der Waals surface area (Å²) >= 11 is 3.43. The second kappa shape index (κ2) is 6.31. The van der Waals surface area contributed by atoms with Gasteiger partial charge in [-0.25, -0.2) is 14.5 Å². The van der Waals surface area contributed by atoms with Crippen molar-refractivity contribution in [3.63, 3.8) is 0 Å². The van der Waals surface area contributed by atoms with Crippen molar-refractivity contribution in [2.24, 2.45) is 0 Å².